The highest BCUT2D eigenvalue weighted by Gasteiger charge is 2.43. The Labute approximate surface area is 407 Å². The third kappa shape index (κ3) is 5.99. The average Bonchev–Trinajstić information content (AvgIpc) is 4.05. The first-order valence-corrected chi connectivity index (χ1v) is 24.8. The molecule has 0 bridgehead atoms. The number of furan rings is 1. The van der Waals surface area contributed by atoms with Gasteiger partial charge < -0.3 is 14.3 Å². The number of aromatic nitrogens is 1. The van der Waals surface area contributed by atoms with Crippen LogP contribution in [0.15, 0.2) is 238 Å². The maximum absolute atomic E-state index is 7.08. The largest absolute Gasteiger partial charge is 0.456 e. The molecule has 3 unspecified atom stereocenters. The summed E-state index contributed by atoms with van der Waals surface area (Å²) in [4.78, 5) is 12.4. The zero-order valence-corrected chi connectivity index (χ0v) is 38.9. The van der Waals surface area contributed by atoms with Crippen molar-refractivity contribution in [1.82, 2.24) is 9.88 Å². The molecule has 10 aromatic carbocycles. The van der Waals surface area contributed by atoms with Crippen LogP contribution in [0, 0.1) is 0 Å². The molecule has 3 aliphatic rings. The van der Waals surface area contributed by atoms with Crippen LogP contribution in [0.2, 0.25) is 0 Å². The van der Waals surface area contributed by atoms with Gasteiger partial charge in [0, 0.05) is 48.2 Å². The summed E-state index contributed by atoms with van der Waals surface area (Å²) in [5, 5.41) is 15.5. The first-order chi connectivity index (χ1) is 34.5. The van der Waals surface area contributed by atoms with Crippen molar-refractivity contribution >= 4 is 99.5 Å². The average molecular weight is 915 g/mol. The summed E-state index contributed by atoms with van der Waals surface area (Å²) < 4.78 is 9.48. The van der Waals surface area contributed by atoms with E-state index in [-0.39, 0.29) is 10.7 Å². The molecule has 6 heteroatoms. The Balaban J connectivity index is 1.01. The highest BCUT2D eigenvalue weighted by atomic mass is 32.2. The fourth-order valence-electron chi connectivity index (χ4n) is 11.6. The molecule has 1 N–H and O–H groups in total. The number of benzene rings is 10. The van der Waals surface area contributed by atoms with E-state index in [1.807, 2.05) is 11.8 Å². The van der Waals surface area contributed by atoms with Crippen molar-refractivity contribution < 1.29 is 4.42 Å². The van der Waals surface area contributed by atoms with Crippen LogP contribution in [-0.2, 0) is 0 Å². The molecule has 0 radical (unpaired) electrons. The molecule has 1 aliphatic carbocycles. The molecule has 3 atom stereocenters. The second kappa shape index (κ2) is 15.0. The maximum atomic E-state index is 7.08. The zero-order chi connectivity index (χ0) is 46.1. The summed E-state index contributed by atoms with van der Waals surface area (Å²) in [6.45, 7) is 2.34. The summed E-state index contributed by atoms with van der Waals surface area (Å²) in [5.74, 6) is 1.63. The molecule has 4 heterocycles. The van der Waals surface area contributed by atoms with E-state index in [1.165, 1.54) is 53.7 Å². The SMILES string of the molecule is CC12C=CC=CC1c1c(cccc1C1=NC(c3ccc(-c4ccccc4)cc3)NC(c3cc(-n4c5cc6ccccc6cc5c5ccc6ccccc6c54)c4c(c3)oc3cc5ccccc5cc34)=N1)S2. The van der Waals surface area contributed by atoms with Gasteiger partial charge in [0.1, 0.15) is 23.2 Å². The molecule has 15 rings (SSSR count). The standard InChI is InChI=1S/C64H42N4OS/c1-64-31-12-11-23-52(64)58-49(22-13-24-57(58)70-64)63-66-61(41-27-25-39(26-28-41)38-14-3-2-4-15-38)65-62(67-63)46-35-54(59-51-33-43-18-6-8-20-45(43)36-55(51)69-56(59)37-46)68-53-34-44-19-7-5-17-42(44)32-50(53)48-30-29-40-16-9-10-21-47(40)60(48)68/h2-37,52,61H,1H3,(H,65,66,67). The van der Waals surface area contributed by atoms with Gasteiger partial charge in [-0.05, 0) is 98.6 Å². The predicted molar refractivity (Wildman–Crippen MR) is 293 cm³/mol. The Kier molecular flexibility index (Phi) is 8.49. The molecular weight excluding hydrogens is 873 g/mol. The Morgan fingerprint density at radius 3 is 2.10 bits per heavy atom. The van der Waals surface area contributed by atoms with Crippen molar-refractivity contribution in [2.24, 2.45) is 9.98 Å². The van der Waals surface area contributed by atoms with E-state index >= 15 is 0 Å². The Morgan fingerprint density at radius 1 is 0.571 bits per heavy atom. The zero-order valence-electron chi connectivity index (χ0n) is 38.1. The van der Waals surface area contributed by atoms with Crippen molar-refractivity contribution in [1.29, 1.82) is 0 Å². The number of rotatable bonds is 5. The Hall–Kier alpha value is -8.45. The van der Waals surface area contributed by atoms with E-state index in [9.17, 15) is 0 Å². The number of allylic oxidation sites excluding steroid dienone is 3. The lowest BCUT2D eigenvalue weighted by Crippen LogP contribution is -2.34. The summed E-state index contributed by atoms with van der Waals surface area (Å²) in [6, 6.07) is 70.3. The Morgan fingerprint density at radius 2 is 1.29 bits per heavy atom. The van der Waals surface area contributed by atoms with Gasteiger partial charge >= 0.3 is 0 Å². The molecule has 2 aliphatic heterocycles. The van der Waals surface area contributed by atoms with Crippen molar-refractivity contribution in [2.45, 2.75) is 28.6 Å². The number of aliphatic imine (C=N–C) groups is 2. The molecule has 0 saturated heterocycles. The number of hydrogen-bond donors (Lipinski definition) is 1. The highest BCUT2D eigenvalue weighted by Crippen LogP contribution is 2.57. The molecule has 0 fully saturated rings. The summed E-state index contributed by atoms with van der Waals surface area (Å²) >= 11 is 1.93. The predicted octanol–water partition coefficient (Wildman–Crippen LogP) is 16.4. The third-order valence-corrected chi connectivity index (χ3v) is 16.3. The summed E-state index contributed by atoms with van der Waals surface area (Å²) in [5.41, 5.74) is 11.6. The minimum atomic E-state index is -0.422. The smallest absolute Gasteiger partial charge is 0.159 e. The van der Waals surface area contributed by atoms with Gasteiger partial charge in [0.25, 0.3) is 0 Å². The number of fused-ring (bicyclic) bond motifs is 13. The van der Waals surface area contributed by atoms with Gasteiger partial charge in [0.15, 0.2) is 5.84 Å². The van der Waals surface area contributed by atoms with Crippen LogP contribution in [0.4, 0.5) is 0 Å². The fraction of sp³-hybridized carbons (Fsp3) is 0.0625. The summed E-state index contributed by atoms with van der Waals surface area (Å²) in [7, 11) is 0. The minimum absolute atomic E-state index is 0.0935. The topological polar surface area (TPSA) is 54.8 Å². The second-order valence-electron chi connectivity index (χ2n) is 19.1. The molecular formula is C64H42N4OS. The van der Waals surface area contributed by atoms with Gasteiger partial charge in [-0.15, -0.1) is 11.8 Å². The van der Waals surface area contributed by atoms with Crippen molar-refractivity contribution in [2.75, 3.05) is 0 Å². The second-order valence-corrected chi connectivity index (χ2v) is 20.6. The van der Waals surface area contributed by atoms with Crippen LogP contribution in [0.3, 0.4) is 0 Å². The molecule has 2 aromatic heterocycles. The van der Waals surface area contributed by atoms with Gasteiger partial charge in [0.2, 0.25) is 0 Å². The lowest BCUT2D eigenvalue weighted by molar-refractivity contribution is 0.666. The van der Waals surface area contributed by atoms with Crippen LogP contribution in [0.25, 0.3) is 92.9 Å². The quantitative estimate of drug-likeness (QED) is 0.187. The van der Waals surface area contributed by atoms with Gasteiger partial charge in [-0.2, -0.15) is 0 Å². The maximum Gasteiger partial charge on any atom is 0.159 e. The minimum Gasteiger partial charge on any atom is -0.456 e. The van der Waals surface area contributed by atoms with Crippen molar-refractivity contribution in [3.05, 3.63) is 241 Å². The molecule has 5 nitrogen and oxygen atoms in total. The van der Waals surface area contributed by atoms with Gasteiger partial charge in [-0.1, -0.05) is 176 Å². The van der Waals surface area contributed by atoms with E-state index in [4.69, 9.17) is 14.4 Å². The van der Waals surface area contributed by atoms with Crippen LogP contribution in [0.5, 0.6) is 0 Å². The molecule has 12 aromatic rings. The Bertz CT molecular complexity index is 4330. The van der Waals surface area contributed by atoms with E-state index in [0.717, 1.165) is 72.1 Å². The van der Waals surface area contributed by atoms with E-state index in [0.29, 0.717) is 5.84 Å². The molecule has 0 spiro atoms. The van der Waals surface area contributed by atoms with Crippen LogP contribution < -0.4 is 5.32 Å². The van der Waals surface area contributed by atoms with Gasteiger partial charge in [-0.25, -0.2) is 9.98 Å². The third-order valence-electron chi connectivity index (χ3n) is 14.9. The number of nitrogens with one attached hydrogen (secondary N) is 1. The fourth-order valence-corrected chi connectivity index (χ4v) is 13.0. The molecule has 0 saturated carbocycles. The lowest BCUT2D eigenvalue weighted by atomic mass is 9.81. The van der Waals surface area contributed by atoms with Crippen molar-refractivity contribution in [3.63, 3.8) is 0 Å². The normalized spacial score (nSPS) is 18.5. The highest BCUT2D eigenvalue weighted by molar-refractivity contribution is 8.01. The van der Waals surface area contributed by atoms with Crippen LogP contribution >= 0.6 is 11.8 Å². The van der Waals surface area contributed by atoms with Crippen molar-refractivity contribution in [3.8, 4) is 16.8 Å². The number of nitrogens with zero attached hydrogens (tertiary/aromatic N) is 3. The number of thioether (sulfide) groups is 1. The van der Waals surface area contributed by atoms with E-state index < -0.39 is 6.17 Å². The molecule has 330 valence electrons. The number of hydrogen-bond acceptors (Lipinski definition) is 5. The summed E-state index contributed by atoms with van der Waals surface area (Å²) in [6.07, 6.45) is 8.63. The molecule has 0 amide bonds. The monoisotopic (exact) mass is 914 g/mol. The van der Waals surface area contributed by atoms with E-state index in [1.54, 1.807) is 0 Å². The van der Waals surface area contributed by atoms with Gasteiger partial charge in [0.05, 0.1) is 22.1 Å². The first-order valence-electron chi connectivity index (χ1n) is 24.0. The van der Waals surface area contributed by atoms with E-state index in [2.05, 4.69) is 235 Å². The van der Waals surface area contributed by atoms with Crippen LogP contribution in [-0.4, -0.2) is 21.0 Å². The molecule has 70 heavy (non-hydrogen) atoms. The van der Waals surface area contributed by atoms with Gasteiger partial charge in [-0.3, -0.25) is 0 Å². The first kappa shape index (κ1) is 39.5. The number of amidine groups is 2. The lowest BCUT2D eigenvalue weighted by Gasteiger charge is -2.29. The van der Waals surface area contributed by atoms with Crippen LogP contribution in [0.1, 0.15) is 41.3 Å².